The van der Waals surface area contributed by atoms with Crippen LogP contribution in [-0.4, -0.2) is 23.0 Å². The number of nitro benzene ring substituents is 1. The Morgan fingerprint density at radius 1 is 1.12 bits per heavy atom. The van der Waals surface area contributed by atoms with Gasteiger partial charge in [0, 0.05) is 36.2 Å². The number of benzene rings is 2. The van der Waals surface area contributed by atoms with Crippen molar-refractivity contribution in [2.75, 3.05) is 5.32 Å². The Balaban J connectivity index is 1.78. The van der Waals surface area contributed by atoms with E-state index in [9.17, 15) is 19.7 Å². The molecule has 0 bridgehead atoms. The molecule has 0 heterocycles. The number of amides is 2. The number of aryl methyl sites for hydroxylation is 1. The zero-order valence-electron chi connectivity index (χ0n) is 14.1. The van der Waals surface area contributed by atoms with Crippen LogP contribution in [0.4, 0.5) is 11.4 Å². The van der Waals surface area contributed by atoms with Gasteiger partial charge in [0.2, 0.25) is 11.8 Å². The van der Waals surface area contributed by atoms with E-state index >= 15 is 0 Å². The number of hydrazone groups is 1. The van der Waals surface area contributed by atoms with Gasteiger partial charge in [-0.25, -0.2) is 5.43 Å². The molecule has 0 saturated heterocycles. The lowest BCUT2D eigenvalue weighted by atomic mass is 10.2. The summed E-state index contributed by atoms with van der Waals surface area (Å²) < 4.78 is 0. The number of para-hydroxylation sites is 1. The largest absolute Gasteiger partial charge is 0.326 e. The van der Waals surface area contributed by atoms with E-state index in [-0.39, 0.29) is 24.4 Å². The molecule has 0 atom stereocenters. The Morgan fingerprint density at radius 2 is 1.85 bits per heavy atom. The van der Waals surface area contributed by atoms with Crippen molar-refractivity contribution >= 4 is 29.4 Å². The van der Waals surface area contributed by atoms with Crippen molar-refractivity contribution < 1.29 is 14.5 Å². The average molecular weight is 354 g/mol. The van der Waals surface area contributed by atoms with Gasteiger partial charge >= 0.3 is 0 Å². The van der Waals surface area contributed by atoms with E-state index in [1.807, 2.05) is 25.1 Å². The highest BCUT2D eigenvalue weighted by atomic mass is 16.6. The van der Waals surface area contributed by atoms with Crippen LogP contribution >= 0.6 is 0 Å². The fourth-order valence-electron chi connectivity index (χ4n) is 2.11. The average Bonchev–Trinajstić information content (AvgIpc) is 2.62. The van der Waals surface area contributed by atoms with Gasteiger partial charge in [0.1, 0.15) is 0 Å². The third-order valence-corrected chi connectivity index (χ3v) is 3.48. The predicted molar refractivity (Wildman–Crippen MR) is 97.9 cm³/mol. The Labute approximate surface area is 150 Å². The van der Waals surface area contributed by atoms with Crippen LogP contribution in [0.2, 0.25) is 0 Å². The molecule has 0 unspecified atom stereocenters. The summed E-state index contributed by atoms with van der Waals surface area (Å²) in [7, 11) is 0. The lowest BCUT2D eigenvalue weighted by Gasteiger charge is -2.07. The van der Waals surface area contributed by atoms with Crippen molar-refractivity contribution in [3.05, 3.63) is 69.8 Å². The van der Waals surface area contributed by atoms with Crippen LogP contribution < -0.4 is 10.7 Å². The van der Waals surface area contributed by atoms with Crippen LogP contribution in [0.3, 0.4) is 0 Å². The normalized spacial score (nSPS) is 10.5. The summed E-state index contributed by atoms with van der Waals surface area (Å²) >= 11 is 0. The molecule has 0 radical (unpaired) electrons. The fourth-order valence-corrected chi connectivity index (χ4v) is 2.11. The monoisotopic (exact) mass is 354 g/mol. The van der Waals surface area contributed by atoms with E-state index in [0.29, 0.717) is 11.3 Å². The van der Waals surface area contributed by atoms with Gasteiger partial charge in [0.05, 0.1) is 11.1 Å². The van der Waals surface area contributed by atoms with Crippen molar-refractivity contribution in [2.45, 2.75) is 19.8 Å². The van der Waals surface area contributed by atoms with E-state index in [4.69, 9.17) is 0 Å². The van der Waals surface area contributed by atoms with Crippen LogP contribution in [0, 0.1) is 17.0 Å². The van der Waals surface area contributed by atoms with Crippen LogP contribution in [0.15, 0.2) is 53.6 Å². The van der Waals surface area contributed by atoms with Gasteiger partial charge in [-0.15, -0.1) is 0 Å². The lowest BCUT2D eigenvalue weighted by Crippen LogP contribution is -2.20. The first-order valence-electron chi connectivity index (χ1n) is 7.87. The van der Waals surface area contributed by atoms with Crippen molar-refractivity contribution in [1.29, 1.82) is 0 Å². The number of nitrogens with one attached hydrogen (secondary N) is 2. The van der Waals surface area contributed by atoms with Gasteiger partial charge in [-0.2, -0.15) is 5.10 Å². The highest BCUT2D eigenvalue weighted by Crippen LogP contribution is 2.13. The van der Waals surface area contributed by atoms with Crippen molar-refractivity contribution in [3.63, 3.8) is 0 Å². The third-order valence-electron chi connectivity index (χ3n) is 3.48. The summed E-state index contributed by atoms with van der Waals surface area (Å²) in [6.07, 6.45) is 1.30. The molecule has 0 fully saturated rings. The number of rotatable bonds is 7. The molecular formula is C18H18N4O4. The topological polar surface area (TPSA) is 114 Å². The van der Waals surface area contributed by atoms with Crippen LogP contribution in [-0.2, 0) is 9.59 Å². The van der Waals surface area contributed by atoms with Crippen molar-refractivity contribution in [2.24, 2.45) is 5.10 Å². The Bertz CT molecular complexity index is 849. The molecule has 26 heavy (non-hydrogen) atoms. The summed E-state index contributed by atoms with van der Waals surface area (Å²) in [5.41, 5.74) is 4.36. The summed E-state index contributed by atoms with van der Waals surface area (Å²) in [6.45, 7) is 1.88. The number of carbonyl (C=O) groups is 2. The molecule has 2 amide bonds. The van der Waals surface area contributed by atoms with E-state index in [2.05, 4.69) is 15.8 Å². The molecule has 0 aliphatic rings. The Morgan fingerprint density at radius 3 is 2.58 bits per heavy atom. The molecule has 2 rings (SSSR count). The number of hydrogen-bond donors (Lipinski definition) is 2. The molecule has 0 aromatic heterocycles. The zero-order valence-corrected chi connectivity index (χ0v) is 14.1. The van der Waals surface area contributed by atoms with Crippen molar-refractivity contribution in [1.82, 2.24) is 5.43 Å². The molecule has 8 nitrogen and oxygen atoms in total. The summed E-state index contributed by atoms with van der Waals surface area (Å²) in [6, 6.07) is 13.2. The number of non-ortho nitro benzene ring substituents is 1. The molecule has 0 aliphatic heterocycles. The number of nitro groups is 1. The quantitative estimate of drug-likeness (QED) is 0.452. The highest BCUT2D eigenvalue weighted by molar-refractivity contribution is 5.94. The molecular weight excluding hydrogens is 336 g/mol. The van der Waals surface area contributed by atoms with E-state index in [1.54, 1.807) is 12.1 Å². The first kappa shape index (κ1) is 18.8. The first-order chi connectivity index (χ1) is 12.5. The fraction of sp³-hybridized carbons (Fsp3) is 0.167. The third kappa shape index (κ3) is 5.82. The van der Waals surface area contributed by atoms with Crippen LogP contribution in [0.1, 0.15) is 24.0 Å². The standard InChI is InChI=1S/C18H18N4O4/c1-13-5-2-3-8-16(13)20-17(23)9-10-18(24)21-19-12-14-6-4-7-15(11-14)22(25)26/h2-8,11-12H,9-10H2,1H3,(H,20,23)(H,21,24)/b19-12+. The Hall–Kier alpha value is -3.55. The molecule has 0 spiro atoms. The predicted octanol–water partition coefficient (Wildman–Crippen LogP) is 2.77. The molecule has 0 saturated carbocycles. The van der Waals surface area contributed by atoms with E-state index in [0.717, 1.165) is 5.56 Å². The van der Waals surface area contributed by atoms with Gasteiger partial charge in [-0.05, 0) is 18.6 Å². The minimum absolute atomic E-state index is 0.0203. The van der Waals surface area contributed by atoms with E-state index in [1.165, 1.54) is 24.4 Å². The molecule has 0 aliphatic carbocycles. The maximum Gasteiger partial charge on any atom is 0.270 e. The lowest BCUT2D eigenvalue weighted by molar-refractivity contribution is -0.384. The molecule has 2 N–H and O–H groups in total. The van der Waals surface area contributed by atoms with Gasteiger partial charge in [0.15, 0.2) is 0 Å². The summed E-state index contributed by atoms with van der Waals surface area (Å²) in [5.74, 6) is -0.691. The van der Waals surface area contributed by atoms with Gasteiger partial charge < -0.3 is 5.32 Å². The molecule has 2 aromatic rings. The minimum Gasteiger partial charge on any atom is -0.326 e. The molecule has 2 aromatic carbocycles. The second kappa shape index (κ2) is 9.07. The molecule has 134 valence electrons. The van der Waals surface area contributed by atoms with E-state index < -0.39 is 10.8 Å². The zero-order chi connectivity index (χ0) is 18.9. The highest BCUT2D eigenvalue weighted by Gasteiger charge is 2.08. The summed E-state index contributed by atoms with van der Waals surface area (Å²) in [4.78, 5) is 33.8. The van der Waals surface area contributed by atoms with Gasteiger partial charge in [-0.3, -0.25) is 19.7 Å². The second-order valence-electron chi connectivity index (χ2n) is 5.51. The minimum atomic E-state index is -0.511. The first-order valence-corrected chi connectivity index (χ1v) is 7.87. The maximum atomic E-state index is 11.9. The van der Waals surface area contributed by atoms with Gasteiger partial charge in [-0.1, -0.05) is 30.3 Å². The number of anilines is 1. The van der Waals surface area contributed by atoms with Crippen LogP contribution in [0.25, 0.3) is 0 Å². The number of carbonyl (C=O) groups excluding carboxylic acids is 2. The van der Waals surface area contributed by atoms with Gasteiger partial charge in [0.25, 0.3) is 5.69 Å². The molecule has 8 heteroatoms. The van der Waals surface area contributed by atoms with Crippen LogP contribution in [0.5, 0.6) is 0 Å². The number of hydrogen-bond acceptors (Lipinski definition) is 5. The SMILES string of the molecule is Cc1ccccc1NC(=O)CCC(=O)N/N=C/c1cccc([N+](=O)[O-])c1. The smallest absolute Gasteiger partial charge is 0.270 e. The maximum absolute atomic E-state index is 11.9. The second-order valence-corrected chi connectivity index (χ2v) is 5.51. The number of nitrogens with zero attached hydrogens (tertiary/aromatic N) is 2. The Kier molecular flexibility index (Phi) is 6.55. The van der Waals surface area contributed by atoms with Crippen molar-refractivity contribution in [3.8, 4) is 0 Å². The summed E-state index contributed by atoms with van der Waals surface area (Å²) in [5, 5.41) is 17.2.